The maximum atomic E-state index is 2.51. The molecule has 0 aromatic carbocycles. The van der Waals surface area contributed by atoms with Crippen molar-refractivity contribution in [2.24, 2.45) is 17.8 Å². The van der Waals surface area contributed by atoms with Crippen LogP contribution in [-0.2, 0) is 0 Å². The summed E-state index contributed by atoms with van der Waals surface area (Å²) in [5, 5.41) is 0. The molecule has 0 aliphatic rings. The minimum absolute atomic E-state index is 0.880. The average molecular weight is 395 g/mol. The van der Waals surface area contributed by atoms with Crippen molar-refractivity contribution in [1.29, 1.82) is 0 Å². The number of hydrogen-bond donors (Lipinski definition) is 0. The van der Waals surface area contributed by atoms with E-state index >= 15 is 0 Å². The summed E-state index contributed by atoms with van der Waals surface area (Å²) >= 11 is 0. The first-order chi connectivity index (χ1) is 13.6. The summed E-state index contributed by atoms with van der Waals surface area (Å²) in [7, 11) is 0. The van der Waals surface area contributed by atoms with Crippen LogP contribution in [0.3, 0.4) is 0 Å². The molecule has 0 aliphatic heterocycles. The van der Waals surface area contributed by atoms with E-state index in [1.807, 2.05) is 0 Å². The maximum Gasteiger partial charge on any atom is -0.0414 e. The fraction of sp³-hybridized carbons (Fsp3) is 1.00. The third-order valence-corrected chi connectivity index (χ3v) is 6.76. The Balaban J connectivity index is 3.36. The summed E-state index contributed by atoms with van der Waals surface area (Å²) in [5.74, 6) is 2.81. The summed E-state index contributed by atoms with van der Waals surface area (Å²) in [6, 6.07) is 0. The molecule has 0 aliphatic carbocycles. The lowest BCUT2D eigenvalue weighted by Crippen LogP contribution is -2.06. The van der Waals surface area contributed by atoms with Crippen LogP contribution in [0.4, 0.5) is 0 Å². The summed E-state index contributed by atoms with van der Waals surface area (Å²) < 4.78 is 0. The van der Waals surface area contributed by atoms with Gasteiger partial charge in [-0.25, -0.2) is 0 Å². The second-order valence-electron chi connectivity index (χ2n) is 10.3. The Morgan fingerprint density at radius 2 is 0.929 bits per heavy atom. The van der Waals surface area contributed by atoms with Gasteiger partial charge in [-0.15, -0.1) is 0 Å². The van der Waals surface area contributed by atoms with Crippen LogP contribution in [0.1, 0.15) is 163 Å². The van der Waals surface area contributed by atoms with Gasteiger partial charge in [-0.1, -0.05) is 157 Å². The van der Waals surface area contributed by atoms with Gasteiger partial charge in [0, 0.05) is 0 Å². The van der Waals surface area contributed by atoms with Crippen molar-refractivity contribution in [1.82, 2.24) is 0 Å². The minimum Gasteiger partial charge on any atom is -0.0654 e. The highest BCUT2D eigenvalue weighted by Crippen LogP contribution is 2.25. The van der Waals surface area contributed by atoms with Crippen LogP contribution in [0.15, 0.2) is 0 Å². The van der Waals surface area contributed by atoms with Crippen molar-refractivity contribution in [3.63, 3.8) is 0 Å². The number of unbranched alkanes of at least 4 members (excludes halogenated alkanes) is 13. The Morgan fingerprint density at radius 3 is 1.36 bits per heavy atom. The molecule has 2 unspecified atom stereocenters. The van der Waals surface area contributed by atoms with E-state index in [9.17, 15) is 0 Å². The van der Waals surface area contributed by atoms with Crippen molar-refractivity contribution >= 4 is 0 Å². The smallest absolute Gasteiger partial charge is 0.0414 e. The molecule has 0 rings (SSSR count). The lowest BCUT2D eigenvalue weighted by atomic mass is 9.86. The Labute approximate surface area is 181 Å². The van der Waals surface area contributed by atoms with Gasteiger partial charge in [0.15, 0.2) is 0 Å². The third kappa shape index (κ3) is 20.7. The van der Waals surface area contributed by atoms with Crippen LogP contribution in [0.5, 0.6) is 0 Å². The van der Waals surface area contributed by atoms with Gasteiger partial charge in [-0.05, 0) is 24.2 Å². The predicted molar refractivity (Wildman–Crippen MR) is 131 cm³/mol. The van der Waals surface area contributed by atoms with Crippen molar-refractivity contribution in [3.05, 3.63) is 0 Å². The molecule has 0 aromatic rings. The molecule has 0 spiro atoms. The lowest BCUT2D eigenvalue weighted by Gasteiger charge is -2.20. The van der Waals surface area contributed by atoms with Gasteiger partial charge in [0.05, 0.1) is 0 Å². The molecular weight excluding hydrogens is 336 g/mol. The zero-order chi connectivity index (χ0) is 20.9. The molecule has 0 heterocycles. The standard InChI is InChI=1S/C28H58/c1-6-8-9-10-11-12-13-14-15-16-17-18-19-20-23-27(5)25-28(7-2)24-21-22-26(3)4/h26-28H,6-25H2,1-5H3. The fourth-order valence-electron chi connectivity index (χ4n) is 4.68. The van der Waals surface area contributed by atoms with E-state index in [1.54, 1.807) is 0 Å². The van der Waals surface area contributed by atoms with Gasteiger partial charge in [0.25, 0.3) is 0 Å². The Morgan fingerprint density at radius 1 is 0.464 bits per heavy atom. The SMILES string of the molecule is CCCCCCCCCCCCCCCCC(C)CC(CC)CCCC(C)C. The van der Waals surface area contributed by atoms with Crippen LogP contribution in [-0.4, -0.2) is 0 Å². The molecule has 0 nitrogen and oxygen atoms in total. The van der Waals surface area contributed by atoms with Crippen molar-refractivity contribution < 1.29 is 0 Å². The molecule has 170 valence electrons. The van der Waals surface area contributed by atoms with Gasteiger partial charge in [0.1, 0.15) is 0 Å². The van der Waals surface area contributed by atoms with E-state index < -0.39 is 0 Å². The molecular formula is C28H58. The van der Waals surface area contributed by atoms with E-state index in [4.69, 9.17) is 0 Å². The molecule has 0 heteroatoms. The Hall–Kier alpha value is 0. The fourth-order valence-corrected chi connectivity index (χ4v) is 4.68. The van der Waals surface area contributed by atoms with E-state index in [-0.39, 0.29) is 0 Å². The largest absolute Gasteiger partial charge is 0.0654 e. The van der Waals surface area contributed by atoms with Crippen molar-refractivity contribution in [2.45, 2.75) is 163 Å². The second kappa shape index (κ2) is 21.7. The Bertz CT molecular complexity index is 280. The van der Waals surface area contributed by atoms with Gasteiger partial charge in [-0.3, -0.25) is 0 Å². The summed E-state index contributed by atoms with van der Waals surface area (Å²) in [5.41, 5.74) is 0. The first-order valence-corrected chi connectivity index (χ1v) is 13.6. The van der Waals surface area contributed by atoms with Crippen LogP contribution < -0.4 is 0 Å². The van der Waals surface area contributed by atoms with Gasteiger partial charge >= 0.3 is 0 Å². The molecule has 0 N–H and O–H groups in total. The highest BCUT2D eigenvalue weighted by atomic mass is 14.2. The first kappa shape index (κ1) is 28.0. The molecule has 0 aromatic heterocycles. The Kier molecular flexibility index (Phi) is 21.7. The summed E-state index contributed by atoms with van der Waals surface area (Å²) in [4.78, 5) is 0. The van der Waals surface area contributed by atoms with E-state index in [2.05, 4.69) is 34.6 Å². The quantitative estimate of drug-likeness (QED) is 0.160. The zero-order valence-electron chi connectivity index (χ0n) is 20.9. The minimum atomic E-state index is 0.880. The topological polar surface area (TPSA) is 0 Å². The molecule has 2 atom stereocenters. The molecule has 0 saturated heterocycles. The van der Waals surface area contributed by atoms with Gasteiger partial charge < -0.3 is 0 Å². The molecule has 0 radical (unpaired) electrons. The van der Waals surface area contributed by atoms with E-state index in [1.165, 1.54) is 128 Å². The monoisotopic (exact) mass is 394 g/mol. The van der Waals surface area contributed by atoms with Crippen LogP contribution >= 0.6 is 0 Å². The molecule has 28 heavy (non-hydrogen) atoms. The lowest BCUT2D eigenvalue weighted by molar-refractivity contribution is 0.325. The normalized spacial score (nSPS) is 13.9. The second-order valence-corrected chi connectivity index (χ2v) is 10.3. The van der Waals surface area contributed by atoms with Crippen molar-refractivity contribution in [3.8, 4) is 0 Å². The highest BCUT2D eigenvalue weighted by Gasteiger charge is 2.11. The number of rotatable bonds is 22. The average Bonchev–Trinajstić information content (AvgIpc) is 2.67. The molecule has 0 bridgehead atoms. The predicted octanol–water partition coefficient (Wildman–Crippen LogP) is 10.7. The first-order valence-electron chi connectivity index (χ1n) is 13.6. The van der Waals surface area contributed by atoms with Crippen LogP contribution in [0.25, 0.3) is 0 Å². The molecule has 0 saturated carbocycles. The number of hydrogen-bond acceptors (Lipinski definition) is 0. The maximum absolute atomic E-state index is 2.51. The highest BCUT2D eigenvalue weighted by molar-refractivity contribution is 4.64. The summed E-state index contributed by atoms with van der Waals surface area (Å²) in [6.45, 7) is 11.9. The van der Waals surface area contributed by atoms with Gasteiger partial charge in [0.2, 0.25) is 0 Å². The molecule has 0 amide bonds. The van der Waals surface area contributed by atoms with Gasteiger partial charge in [-0.2, -0.15) is 0 Å². The zero-order valence-corrected chi connectivity index (χ0v) is 20.9. The third-order valence-electron chi connectivity index (χ3n) is 6.76. The molecule has 0 fully saturated rings. The summed E-state index contributed by atoms with van der Waals surface area (Å²) in [6.07, 6.45) is 29.3. The van der Waals surface area contributed by atoms with Crippen LogP contribution in [0.2, 0.25) is 0 Å². The van der Waals surface area contributed by atoms with E-state index in [0.29, 0.717) is 0 Å². The van der Waals surface area contributed by atoms with Crippen LogP contribution in [0, 0.1) is 17.8 Å². The van der Waals surface area contributed by atoms with E-state index in [0.717, 1.165) is 17.8 Å². The van der Waals surface area contributed by atoms with Crippen molar-refractivity contribution in [2.75, 3.05) is 0 Å².